The smallest absolute Gasteiger partial charge is 0.132 e. The molecular weight excluding hydrogens is 270 g/mol. The first kappa shape index (κ1) is 14.8. The lowest BCUT2D eigenvalue weighted by atomic mass is 10.2. The molecule has 2 aromatic carbocycles. The van der Waals surface area contributed by atoms with Crippen LogP contribution in [-0.2, 0) is 6.54 Å². The summed E-state index contributed by atoms with van der Waals surface area (Å²) in [7, 11) is 3.97. The van der Waals surface area contributed by atoms with Gasteiger partial charge in [-0.3, -0.25) is 0 Å². The molecule has 2 rings (SSSR count). The Balaban J connectivity index is 2.22. The summed E-state index contributed by atoms with van der Waals surface area (Å²) in [6.07, 6.45) is 2.05. The minimum absolute atomic E-state index is 0.256. The first-order chi connectivity index (χ1) is 9.58. The molecule has 106 valence electrons. The zero-order chi connectivity index (χ0) is 14.5. The fraction of sp³-hybridized carbons (Fsp3) is 0.250. The average molecular weight is 289 g/mol. The monoisotopic (exact) mass is 289 g/mol. The van der Waals surface area contributed by atoms with E-state index < -0.39 is 0 Å². The lowest BCUT2D eigenvalue weighted by molar-refractivity contribution is 0.386. The maximum atomic E-state index is 9.61. The van der Waals surface area contributed by atoms with Crippen molar-refractivity contribution in [2.75, 3.05) is 20.4 Å². The number of hydrogen-bond donors (Lipinski definition) is 1. The van der Waals surface area contributed by atoms with Crippen LogP contribution in [0.3, 0.4) is 0 Å². The van der Waals surface area contributed by atoms with Gasteiger partial charge in [-0.25, -0.2) is 0 Å². The molecule has 0 unspecified atom stereocenters. The molecule has 0 aliphatic rings. The molecule has 0 aromatic heterocycles. The molecule has 0 saturated carbocycles. The molecule has 2 aromatic rings. The van der Waals surface area contributed by atoms with Crippen LogP contribution in [0.2, 0.25) is 0 Å². The van der Waals surface area contributed by atoms with Crippen molar-refractivity contribution in [3.63, 3.8) is 0 Å². The Hall–Kier alpha value is -1.65. The highest BCUT2D eigenvalue weighted by Crippen LogP contribution is 2.30. The Morgan fingerprint density at radius 1 is 1.10 bits per heavy atom. The highest BCUT2D eigenvalue weighted by molar-refractivity contribution is 7.98. The SMILES string of the molecule is CSc1ccc(Oc2ccc(O)cc2CN(C)C)cc1. The van der Waals surface area contributed by atoms with Crippen molar-refractivity contribution in [2.45, 2.75) is 11.4 Å². The third-order valence-electron chi connectivity index (χ3n) is 2.82. The third-order valence-corrected chi connectivity index (χ3v) is 3.56. The summed E-state index contributed by atoms with van der Waals surface area (Å²) >= 11 is 1.70. The minimum Gasteiger partial charge on any atom is -0.508 e. The summed E-state index contributed by atoms with van der Waals surface area (Å²) in [5.74, 6) is 1.83. The highest BCUT2D eigenvalue weighted by Gasteiger charge is 2.07. The Kier molecular flexibility index (Phi) is 4.93. The quantitative estimate of drug-likeness (QED) is 0.844. The van der Waals surface area contributed by atoms with Crippen molar-refractivity contribution in [1.82, 2.24) is 4.90 Å². The lowest BCUT2D eigenvalue weighted by Crippen LogP contribution is -2.11. The number of phenolic OH excluding ortho intramolecular Hbond substituents is 1. The standard InChI is InChI=1S/C16H19NO2S/c1-17(2)11-12-10-13(18)4-9-16(12)19-14-5-7-15(20-3)8-6-14/h4-10,18H,11H2,1-3H3. The molecule has 1 N–H and O–H groups in total. The molecule has 0 fully saturated rings. The maximum Gasteiger partial charge on any atom is 0.132 e. The van der Waals surface area contributed by atoms with E-state index >= 15 is 0 Å². The number of phenols is 1. The first-order valence-electron chi connectivity index (χ1n) is 6.37. The van der Waals surface area contributed by atoms with Crippen LogP contribution in [-0.4, -0.2) is 30.4 Å². The van der Waals surface area contributed by atoms with Crippen molar-refractivity contribution in [1.29, 1.82) is 0 Å². The van der Waals surface area contributed by atoms with Gasteiger partial charge in [0, 0.05) is 17.0 Å². The largest absolute Gasteiger partial charge is 0.508 e. The topological polar surface area (TPSA) is 32.7 Å². The van der Waals surface area contributed by atoms with Gasteiger partial charge in [-0.15, -0.1) is 11.8 Å². The average Bonchev–Trinajstić information content (AvgIpc) is 2.42. The molecule has 3 nitrogen and oxygen atoms in total. The fourth-order valence-electron chi connectivity index (χ4n) is 1.90. The van der Waals surface area contributed by atoms with Crippen molar-refractivity contribution in [3.05, 3.63) is 48.0 Å². The molecule has 0 saturated heterocycles. The van der Waals surface area contributed by atoms with Gasteiger partial charge >= 0.3 is 0 Å². The van der Waals surface area contributed by atoms with Gasteiger partial charge in [0.25, 0.3) is 0 Å². The van der Waals surface area contributed by atoms with Crippen molar-refractivity contribution < 1.29 is 9.84 Å². The predicted molar refractivity (Wildman–Crippen MR) is 83.8 cm³/mol. The van der Waals surface area contributed by atoms with Crippen LogP contribution in [0.5, 0.6) is 17.2 Å². The van der Waals surface area contributed by atoms with Crippen LogP contribution in [0.15, 0.2) is 47.4 Å². The second kappa shape index (κ2) is 6.68. The number of benzene rings is 2. The Morgan fingerprint density at radius 2 is 1.80 bits per heavy atom. The minimum atomic E-state index is 0.256. The molecule has 0 bridgehead atoms. The summed E-state index contributed by atoms with van der Waals surface area (Å²) in [6.45, 7) is 0.715. The third kappa shape index (κ3) is 3.92. The molecular formula is C16H19NO2S. The summed E-state index contributed by atoms with van der Waals surface area (Å²) in [6, 6.07) is 13.2. The number of thioether (sulfide) groups is 1. The predicted octanol–water partition coefficient (Wildman–Crippen LogP) is 3.97. The highest BCUT2D eigenvalue weighted by atomic mass is 32.2. The Labute approximate surface area is 124 Å². The van der Waals surface area contributed by atoms with Gasteiger partial charge in [-0.1, -0.05) is 0 Å². The fourth-order valence-corrected chi connectivity index (χ4v) is 2.31. The molecule has 0 radical (unpaired) electrons. The van der Waals surface area contributed by atoms with E-state index in [2.05, 4.69) is 0 Å². The van der Waals surface area contributed by atoms with Crippen LogP contribution < -0.4 is 4.74 Å². The van der Waals surface area contributed by atoms with Crippen LogP contribution in [0, 0.1) is 0 Å². The van der Waals surface area contributed by atoms with E-state index in [1.165, 1.54) is 4.90 Å². The molecule has 0 amide bonds. The number of nitrogens with zero attached hydrogens (tertiary/aromatic N) is 1. The molecule has 0 spiro atoms. The second-order valence-corrected chi connectivity index (χ2v) is 5.69. The zero-order valence-electron chi connectivity index (χ0n) is 12.0. The van der Waals surface area contributed by atoms with Crippen molar-refractivity contribution in [2.24, 2.45) is 0 Å². The number of hydrogen-bond acceptors (Lipinski definition) is 4. The van der Waals surface area contributed by atoms with Gasteiger partial charge in [-0.05, 0) is 62.8 Å². The number of ether oxygens (including phenoxy) is 1. The van der Waals surface area contributed by atoms with Gasteiger partial charge in [0.1, 0.15) is 17.2 Å². The van der Waals surface area contributed by atoms with Gasteiger partial charge in [-0.2, -0.15) is 0 Å². The van der Waals surface area contributed by atoms with Crippen LogP contribution in [0.4, 0.5) is 0 Å². The van der Waals surface area contributed by atoms with E-state index in [1.807, 2.05) is 49.5 Å². The molecule has 0 atom stereocenters. The van der Waals surface area contributed by atoms with Crippen molar-refractivity contribution in [3.8, 4) is 17.2 Å². The molecule has 20 heavy (non-hydrogen) atoms. The molecule has 0 aliphatic heterocycles. The lowest BCUT2D eigenvalue weighted by Gasteiger charge is -2.15. The number of rotatable bonds is 5. The molecule has 4 heteroatoms. The van der Waals surface area contributed by atoms with Crippen LogP contribution in [0.1, 0.15) is 5.56 Å². The van der Waals surface area contributed by atoms with E-state index in [1.54, 1.807) is 30.0 Å². The van der Waals surface area contributed by atoms with Gasteiger partial charge in [0.15, 0.2) is 0 Å². The van der Waals surface area contributed by atoms with E-state index in [-0.39, 0.29) is 5.75 Å². The normalized spacial score (nSPS) is 10.8. The van der Waals surface area contributed by atoms with E-state index in [0.29, 0.717) is 6.54 Å². The van der Waals surface area contributed by atoms with E-state index in [9.17, 15) is 5.11 Å². The van der Waals surface area contributed by atoms with E-state index in [0.717, 1.165) is 17.1 Å². The van der Waals surface area contributed by atoms with Crippen LogP contribution in [0.25, 0.3) is 0 Å². The van der Waals surface area contributed by atoms with Gasteiger partial charge in [0.2, 0.25) is 0 Å². The summed E-state index contributed by atoms with van der Waals surface area (Å²) in [5, 5.41) is 9.61. The summed E-state index contributed by atoms with van der Waals surface area (Å²) in [4.78, 5) is 3.25. The second-order valence-electron chi connectivity index (χ2n) is 4.81. The van der Waals surface area contributed by atoms with Crippen LogP contribution >= 0.6 is 11.8 Å². The van der Waals surface area contributed by atoms with Gasteiger partial charge < -0.3 is 14.7 Å². The first-order valence-corrected chi connectivity index (χ1v) is 7.59. The Morgan fingerprint density at radius 3 is 2.40 bits per heavy atom. The summed E-state index contributed by atoms with van der Waals surface area (Å²) < 4.78 is 5.92. The van der Waals surface area contributed by atoms with Gasteiger partial charge in [0.05, 0.1) is 0 Å². The Bertz CT molecular complexity index is 567. The summed E-state index contributed by atoms with van der Waals surface area (Å²) in [5.41, 5.74) is 0.962. The zero-order valence-corrected chi connectivity index (χ0v) is 12.8. The van der Waals surface area contributed by atoms with E-state index in [4.69, 9.17) is 4.74 Å². The number of aromatic hydroxyl groups is 1. The molecule has 0 aliphatic carbocycles. The van der Waals surface area contributed by atoms with Crippen molar-refractivity contribution >= 4 is 11.8 Å². The maximum absolute atomic E-state index is 9.61. The molecule has 0 heterocycles.